The number of carbonyl (C=O) groups is 1. The van der Waals surface area contributed by atoms with E-state index in [-0.39, 0.29) is 12.6 Å². The van der Waals surface area contributed by atoms with Gasteiger partial charge in [0.2, 0.25) is 5.95 Å². The summed E-state index contributed by atoms with van der Waals surface area (Å²) in [5.74, 6) is 0.333. The number of rotatable bonds is 5. The Kier molecular flexibility index (Phi) is 5.22. The van der Waals surface area contributed by atoms with Gasteiger partial charge in [0.25, 0.3) is 0 Å². The molecule has 0 fully saturated rings. The molecule has 2 heterocycles. The number of esters is 1. The number of halogens is 1. The van der Waals surface area contributed by atoms with Crippen LogP contribution in [-0.2, 0) is 4.74 Å². The normalized spacial score (nSPS) is 10.6. The van der Waals surface area contributed by atoms with Crippen LogP contribution in [0.4, 0.5) is 5.95 Å². The van der Waals surface area contributed by atoms with E-state index in [9.17, 15) is 4.79 Å². The van der Waals surface area contributed by atoms with Crippen molar-refractivity contribution in [1.82, 2.24) is 15.0 Å². The van der Waals surface area contributed by atoms with Gasteiger partial charge in [-0.3, -0.25) is 0 Å². The number of hydrogen-bond donors (Lipinski definition) is 2. The first-order valence-corrected chi connectivity index (χ1v) is 8.65. The summed E-state index contributed by atoms with van der Waals surface area (Å²) in [4.78, 5) is 23.8. The minimum Gasteiger partial charge on any atom is -0.496 e. The summed E-state index contributed by atoms with van der Waals surface area (Å²) < 4.78 is 11.5. The van der Waals surface area contributed by atoms with Crippen molar-refractivity contribution in [3.8, 4) is 28.4 Å². The second-order valence-electron chi connectivity index (χ2n) is 5.34. The summed E-state index contributed by atoms with van der Waals surface area (Å²) in [6.07, 6.45) is 1.56. The molecule has 134 valence electrons. The minimum absolute atomic E-state index is 0.149. The third-order valence-corrected chi connectivity index (χ3v) is 4.19. The van der Waals surface area contributed by atoms with Crippen molar-refractivity contribution in [1.29, 1.82) is 0 Å². The molecule has 0 amide bonds. The van der Waals surface area contributed by atoms with E-state index in [1.54, 1.807) is 32.4 Å². The molecule has 0 aliphatic carbocycles. The summed E-state index contributed by atoms with van der Waals surface area (Å²) in [6.45, 7) is 2.03. The number of hydrogen-bond acceptors (Lipinski definition) is 6. The quantitative estimate of drug-likeness (QED) is 0.614. The molecule has 0 aliphatic rings. The molecule has 0 spiro atoms. The van der Waals surface area contributed by atoms with E-state index in [1.807, 2.05) is 18.2 Å². The zero-order valence-electron chi connectivity index (χ0n) is 14.2. The summed E-state index contributed by atoms with van der Waals surface area (Å²) in [5.41, 5.74) is 8.55. The Bertz CT molecular complexity index is 955. The standard InChI is InChI=1S/C18H17BrN4O3/c1-3-26-17(24)12-9-14(13-6-7-21-18(20)23-13)22-16(12)11-8-10(19)4-5-15(11)25-2/h4-9,22H,3H2,1-2H3,(H2,20,21,23). The number of nitrogens with two attached hydrogens (primary N) is 1. The van der Waals surface area contributed by atoms with Gasteiger partial charge in [-0.2, -0.15) is 0 Å². The molecular formula is C18H17BrN4O3. The monoisotopic (exact) mass is 416 g/mol. The van der Waals surface area contributed by atoms with Gasteiger partial charge >= 0.3 is 5.97 Å². The van der Waals surface area contributed by atoms with Crippen LogP contribution < -0.4 is 10.5 Å². The highest BCUT2D eigenvalue weighted by Crippen LogP contribution is 2.36. The highest BCUT2D eigenvalue weighted by Gasteiger charge is 2.22. The van der Waals surface area contributed by atoms with Gasteiger partial charge in [-0.15, -0.1) is 0 Å². The molecule has 7 nitrogen and oxygen atoms in total. The Labute approximate surface area is 158 Å². The predicted molar refractivity (Wildman–Crippen MR) is 102 cm³/mol. The van der Waals surface area contributed by atoms with Crippen molar-refractivity contribution in [3.05, 3.63) is 46.6 Å². The lowest BCUT2D eigenvalue weighted by molar-refractivity contribution is 0.0527. The third kappa shape index (κ3) is 3.55. The molecule has 0 saturated carbocycles. The van der Waals surface area contributed by atoms with Crippen LogP contribution in [0.15, 0.2) is 41.0 Å². The van der Waals surface area contributed by atoms with Crippen LogP contribution in [0, 0.1) is 0 Å². The maximum absolute atomic E-state index is 12.5. The smallest absolute Gasteiger partial charge is 0.340 e. The second-order valence-corrected chi connectivity index (χ2v) is 6.25. The summed E-state index contributed by atoms with van der Waals surface area (Å²) in [6, 6.07) is 8.94. The Morgan fingerprint density at radius 2 is 2.12 bits per heavy atom. The number of ether oxygens (including phenoxy) is 2. The highest BCUT2D eigenvalue weighted by molar-refractivity contribution is 9.10. The Morgan fingerprint density at radius 3 is 2.81 bits per heavy atom. The second kappa shape index (κ2) is 7.57. The van der Waals surface area contributed by atoms with E-state index >= 15 is 0 Å². The van der Waals surface area contributed by atoms with Crippen LogP contribution in [0.25, 0.3) is 22.6 Å². The fourth-order valence-electron chi connectivity index (χ4n) is 2.57. The first-order chi connectivity index (χ1) is 12.5. The van der Waals surface area contributed by atoms with Gasteiger partial charge < -0.3 is 20.2 Å². The Balaban J connectivity index is 2.20. The van der Waals surface area contributed by atoms with Crippen molar-refractivity contribution >= 4 is 27.8 Å². The fourth-order valence-corrected chi connectivity index (χ4v) is 2.94. The summed E-state index contributed by atoms with van der Waals surface area (Å²) >= 11 is 3.45. The van der Waals surface area contributed by atoms with Crippen molar-refractivity contribution < 1.29 is 14.3 Å². The molecule has 0 radical (unpaired) electrons. The van der Waals surface area contributed by atoms with Gasteiger partial charge in [-0.1, -0.05) is 15.9 Å². The van der Waals surface area contributed by atoms with Gasteiger partial charge in [-0.25, -0.2) is 14.8 Å². The molecule has 1 aromatic carbocycles. The predicted octanol–water partition coefficient (Wildman–Crippen LogP) is 3.67. The highest BCUT2D eigenvalue weighted by atomic mass is 79.9. The molecule has 8 heteroatoms. The molecule has 0 atom stereocenters. The number of nitrogens with one attached hydrogen (secondary N) is 1. The van der Waals surface area contributed by atoms with Gasteiger partial charge in [0.1, 0.15) is 5.75 Å². The molecule has 0 unspecified atom stereocenters. The van der Waals surface area contributed by atoms with E-state index in [0.717, 1.165) is 10.0 Å². The first kappa shape index (κ1) is 17.9. The van der Waals surface area contributed by atoms with Crippen LogP contribution in [0.5, 0.6) is 5.75 Å². The van der Waals surface area contributed by atoms with Crippen LogP contribution in [0.2, 0.25) is 0 Å². The van der Waals surface area contributed by atoms with Gasteiger partial charge in [0.15, 0.2) is 0 Å². The van der Waals surface area contributed by atoms with Crippen molar-refractivity contribution in [2.45, 2.75) is 6.92 Å². The molecule has 26 heavy (non-hydrogen) atoms. The molecule has 2 aromatic heterocycles. The Morgan fingerprint density at radius 1 is 1.31 bits per heavy atom. The van der Waals surface area contributed by atoms with E-state index in [1.165, 1.54) is 0 Å². The fraction of sp³-hybridized carbons (Fsp3) is 0.167. The lowest BCUT2D eigenvalue weighted by Gasteiger charge is -2.10. The van der Waals surface area contributed by atoms with Crippen LogP contribution >= 0.6 is 15.9 Å². The van der Waals surface area contributed by atoms with Gasteiger partial charge in [0, 0.05) is 16.2 Å². The SMILES string of the molecule is CCOC(=O)c1cc(-c2ccnc(N)n2)[nH]c1-c1cc(Br)ccc1OC. The summed E-state index contributed by atoms with van der Waals surface area (Å²) in [5, 5.41) is 0. The van der Waals surface area contributed by atoms with E-state index < -0.39 is 5.97 Å². The first-order valence-electron chi connectivity index (χ1n) is 7.86. The number of aromatic amines is 1. The lowest BCUT2D eigenvalue weighted by atomic mass is 10.1. The van der Waals surface area contributed by atoms with Crippen LogP contribution in [-0.4, -0.2) is 34.6 Å². The molecule has 3 rings (SSSR count). The van der Waals surface area contributed by atoms with Crippen molar-refractivity contribution in [3.63, 3.8) is 0 Å². The molecule has 0 aliphatic heterocycles. The number of carbonyl (C=O) groups excluding carboxylic acids is 1. The number of nitrogens with zero attached hydrogens (tertiary/aromatic N) is 2. The lowest BCUT2D eigenvalue weighted by Crippen LogP contribution is -2.05. The third-order valence-electron chi connectivity index (χ3n) is 3.69. The zero-order chi connectivity index (χ0) is 18.7. The molecule has 3 aromatic rings. The van der Waals surface area contributed by atoms with Crippen molar-refractivity contribution in [2.75, 3.05) is 19.5 Å². The number of aromatic nitrogens is 3. The van der Waals surface area contributed by atoms with E-state index in [0.29, 0.717) is 28.4 Å². The molecule has 3 N–H and O–H groups in total. The summed E-state index contributed by atoms with van der Waals surface area (Å²) in [7, 11) is 1.58. The van der Waals surface area contributed by atoms with Crippen LogP contribution in [0.3, 0.4) is 0 Å². The van der Waals surface area contributed by atoms with Crippen molar-refractivity contribution in [2.24, 2.45) is 0 Å². The molecular weight excluding hydrogens is 400 g/mol. The number of benzene rings is 1. The number of methoxy groups -OCH3 is 1. The number of H-pyrrole nitrogens is 1. The number of anilines is 1. The van der Waals surface area contributed by atoms with E-state index in [4.69, 9.17) is 15.2 Å². The van der Waals surface area contributed by atoms with Gasteiger partial charge in [0.05, 0.1) is 36.4 Å². The Hall–Kier alpha value is -2.87. The van der Waals surface area contributed by atoms with Crippen LogP contribution in [0.1, 0.15) is 17.3 Å². The van der Waals surface area contributed by atoms with Gasteiger partial charge in [-0.05, 0) is 37.3 Å². The number of nitrogen functional groups attached to an aromatic ring is 1. The average Bonchev–Trinajstić information content (AvgIpc) is 3.07. The minimum atomic E-state index is -0.436. The molecule has 0 bridgehead atoms. The largest absolute Gasteiger partial charge is 0.496 e. The average molecular weight is 417 g/mol. The topological polar surface area (TPSA) is 103 Å². The molecule has 0 saturated heterocycles. The maximum atomic E-state index is 12.5. The van der Waals surface area contributed by atoms with E-state index in [2.05, 4.69) is 30.9 Å². The maximum Gasteiger partial charge on any atom is 0.340 e. The zero-order valence-corrected chi connectivity index (χ0v) is 15.8.